The van der Waals surface area contributed by atoms with Gasteiger partial charge in [0.25, 0.3) is 0 Å². The van der Waals surface area contributed by atoms with E-state index in [9.17, 15) is 18.4 Å². The number of methoxy groups -OCH3 is 1. The first-order chi connectivity index (χ1) is 6.86. The van der Waals surface area contributed by atoms with Gasteiger partial charge in [-0.1, -0.05) is 0 Å². The van der Waals surface area contributed by atoms with E-state index in [2.05, 4.69) is 9.47 Å². The molecule has 0 fully saturated rings. The summed E-state index contributed by atoms with van der Waals surface area (Å²) in [5.74, 6) is -7.38. The van der Waals surface area contributed by atoms with Crippen molar-refractivity contribution in [2.75, 3.05) is 13.7 Å². The van der Waals surface area contributed by atoms with Crippen LogP contribution in [0.2, 0.25) is 0 Å². The summed E-state index contributed by atoms with van der Waals surface area (Å²) in [5, 5.41) is 0. The van der Waals surface area contributed by atoms with Crippen molar-refractivity contribution < 1.29 is 27.8 Å². The minimum Gasteiger partial charge on any atom is -0.461 e. The summed E-state index contributed by atoms with van der Waals surface area (Å²) in [4.78, 5) is 21.8. The zero-order valence-electron chi connectivity index (χ0n) is 8.88. The zero-order chi connectivity index (χ0) is 12.1. The van der Waals surface area contributed by atoms with Crippen LogP contribution in [0, 0.1) is 0 Å². The molecule has 0 bridgehead atoms. The normalized spacial score (nSPS) is 13.4. The van der Waals surface area contributed by atoms with E-state index in [1.807, 2.05) is 0 Å². The maximum absolute atomic E-state index is 13.0. The fourth-order valence-electron chi connectivity index (χ4n) is 0.808. The Bertz CT molecular complexity index is 240. The van der Waals surface area contributed by atoms with E-state index in [4.69, 9.17) is 0 Å². The van der Waals surface area contributed by atoms with Crippen molar-refractivity contribution in [3.05, 3.63) is 0 Å². The Morgan fingerprint density at radius 1 is 1.40 bits per heavy atom. The molecule has 0 amide bonds. The molecule has 0 aliphatic carbocycles. The average molecular weight is 224 g/mol. The van der Waals surface area contributed by atoms with E-state index in [0.29, 0.717) is 0 Å². The van der Waals surface area contributed by atoms with Crippen LogP contribution >= 0.6 is 0 Å². The van der Waals surface area contributed by atoms with Crippen molar-refractivity contribution in [1.29, 1.82) is 0 Å². The van der Waals surface area contributed by atoms with Crippen LogP contribution in [0.1, 0.15) is 20.3 Å². The summed E-state index contributed by atoms with van der Waals surface area (Å²) in [6, 6.07) is 0. The first kappa shape index (κ1) is 14.0. The molecule has 0 aromatic heterocycles. The molecule has 88 valence electrons. The summed E-state index contributed by atoms with van der Waals surface area (Å²) in [6.45, 7) is 2.65. The van der Waals surface area contributed by atoms with E-state index >= 15 is 0 Å². The number of Topliss-reactive ketones (excluding diaryl/α,β-unsaturated/α-hetero) is 1. The van der Waals surface area contributed by atoms with Crippen LogP contribution in [0.5, 0.6) is 0 Å². The molecule has 0 aliphatic heterocycles. The molecule has 6 heteroatoms. The van der Waals surface area contributed by atoms with Gasteiger partial charge in [-0.25, -0.2) is 4.79 Å². The number of carbonyl (C=O) groups is 2. The molecule has 0 aromatic rings. The van der Waals surface area contributed by atoms with Gasteiger partial charge in [0.05, 0.1) is 12.7 Å². The van der Waals surface area contributed by atoms with E-state index in [0.717, 1.165) is 0 Å². The molecule has 0 aromatic carbocycles. The Kier molecular flexibility index (Phi) is 5.35. The number of halogens is 2. The summed E-state index contributed by atoms with van der Waals surface area (Å²) < 4.78 is 34.8. The highest BCUT2D eigenvalue weighted by atomic mass is 19.3. The minimum atomic E-state index is -4.08. The lowest BCUT2D eigenvalue weighted by atomic mass is 10.1. The summed E-state index contributed by atoms with van der Waals surface area (Å²) >= 11 is 0. The fraction of sp³-hybridized carbons (Fsp3) is 0.778. The Hall–Kier alpha value is -1.04. The molecule has 0 radical (unpaired) electrons. The highest BCUT2D eigenvalue weighted by Crippen LogP contribution is 2.20. The molecule has 1 unspecified atom stereocenters. The Labute approximate surface area is 86.5 Å². The van der Waals surface area contributed by atoms with Crippen molar-refractivity contribution in [3.8, 4) is 0 Å². The summed E-state index contributed by atoms with van der Waals surface area (Å²) in [6.07, 6.45) is -1.18. The molecule has 0 saturated carbocycles. The average Bonchev–Trinajstić information content (AvgIpc) is 2.17. The first-order valence-corrected chi connectivity index (χ1v) is 4.47. The standard InChI is InChI=1S/C9H14F2O4/c1-4-15-8(13)9(10,11)7(12)5-6(2)14-3/h6H,4-5H2,1-3H3. The molecule has 4 nitrogen and oxygen atoms in total. The van der Waals surface area contributed by atoms with Crippen molar-refractivity contribution in [2.45, 2.75) is 32.3 Å². The van der Waals surface area contributed by atoms with Gasteiger partial charge in [0.15, 0.2) is 0 Å². The van der Waals surface area contributed by atoms with Crippen LogP contribution in [0.3, 0.4) is 0 Å². The van der Waals surface area contributed by atoms with Gasteiger partial charge in [0.1, 0.15) is 0 Å². The molecule has 1 atom stereocenters. The van der Waals surface area contributed by atoms with Crippen molar-refractivity contribution in [3.63, 3.8) is 0 Å². The maximum atomic E-state index is 13.0. The number of ketones is 1. The number of hydrogen-bond acceptors (Lipinski definition) is 4. The third-order valence-corrected chi connectivity index (χ3v) is 1.76. The minimum absolute atomic E-state index is 0.193. The predicted molar refractivity (Wildman–Crippen MR) is 47.7 cm³/mol. The van der Waals surface area contributed by atoms with E-state index < -0.39 is 30.2 Å². The maximum Gasteiger partial charge on any atom is 0.399 e. The number of alkyl halides is 2. The van der Waals surface area contributed by atoms with Gasteiger partial charge in [-0.2, -0.15) is 8.78 Å². The lowest BCUT2D eigenvalue weighted by molar-refractivity contribution is -0.177. The second-order valence-electron chi connectivity index (χ2n) is 2.97. The summed E-state index contributed by atoms with van der Waals surface area (Å²) in [5.41, 5.74) is 0. The van der Waals surface area contributed by atoms with Crippen LogP contribution < -0.4 is 0 Å². The second-order valence-corrected chi connectivity index (χ2v) is 2.97. The predicted octanol–water partition coefficient (Wildman–Crippen LogP) is 1.18. The monoisotopic (exact) mass is 224 g/mol. The van der Waals surface area contributed by atoms with Gasteiger partial charge in [0, 0.05) is 13.5 Å². The highest BCUT2D eigenvalue weighted by Gasteiger charge is 2.48. The highest BCUT2D eigenvalue weighted by molar-refractivity contribution is 6.05. The van der Waals surface area contributed by atoms with Crippen molar-refractivity contribution in [1.82, 2.24) is 0 Å². The van der Waals surface area contributed by atoms with Crippen LogP contribution in [0.4, 0.5) is 8.78 Å². The van der Waals surface area contributed by atoms with Gasteiger partial charge < -0.3 is 9.47 Å². The number of esters is 1. The first-order valence-electron chi connectivity index (χ1n) is 4.47. The molecule has 0 saturated heterocycles. The van der Waals surface area contributed by atoms with Gasteiger partial charge in [-0.05, 0) is 13.8 Å². The largest absolute Gasteiger partial charge is 0.461 e. The zero-order valence-corrected chi connectivity index (χ0v) is 8.88. The third kappa shape index (κ3) is 3.91. The molecular formula is C9H14F2O4. The summed E-state index contributed by atoms with van der Waals surface area (Å²) in [7, 11) is 1.29. The molecule has 0 spiro atoms. The number of hydrogen-bond donors (Lipinski definition) is 0. The fourth-order valence-corrected chi connectivity index (χ4v) is 0.808. The molecule has 0 heterocycles. The molecule has 0 rings (SSSR count). The Morgan fingerprint density at radius 2 is 1.93 bits per heavy atom. The quantitative estimate of drug-likeness (QED) is 0.502. The number of carbonyl (C=O) groups excluding carboxylic acids is 2. The number of ether oxygens (including phenoxy) is 2. The third-order valence-electron chi connectivity index (χ3n) is 1.76. The van der Waals surface area contributed by atoms with Crippen molar-refractivity contribution in [2.24, 2.45) is 0 Å². The Morgan fingerprint density at radius 3 is 2.33 bits per heavy atom. The van der Waals surface area contributed by atoms with Crippen LogP contribution in [-0.2, 0) is 19.1 Å². The topological polar surface area (TPSA) is 52.6 Å². The lowest BCUT2D eigenvalue weighted by Crippen LogP contribution is -2.40. The second kappa shape index (κ2) is 5.75. The lowest BCUT2D eigenvalue weighted by Gasteiger charge is -2.15. The van der Waals surface area contributed by atoms with Crippen LogP contribution in [-0.4, -0.2) is 37.5 Å². The molecular weight excluding hydrogens is 210 g/mol. The smallest absolute Gasteiger partial charge is 0.399 e. The van der Waals surface area contributed by atoms with Crippen LogP contribution in [0.15, 0.2) is 0 Å². The molecule has 0 N–H and O–H groups in total. The molecule has 0 aliphatic rings. The SMILES string of the molecule is CCOC(=O)C(F)(F)C(=O)CC(C)OC. The van der Waals surface area contributed by atoms with E-state index in [1.54, 1.807) is 0 Å². The molecule has 15 heavy (non-hydrogen) atoms. The van der Waals surface area contributed by atoms with Crippen molar-refractivity contribution >= 4 is 11.8 Å². The van der Waals surface area contributed by atoms with Crippen LogP contribution in [0.25, 0.3) is 0 Å². The van der Waals surface area contributed by atoms with E-state index in [1.165, 1.54) is 21.0 Å². The van der Waals surface area contributed by atoms with Gasteiger partial charge >= 0.3 is 11.9 Å². The van der Waals surface area contributed by atoms with E-state index in [-0.39, 0.29) is 6.61 Å². The van der Waals surface area contributed by atoms with Gasteiger partial charge in [-0.3, -0.25) is 4.79 Å². The number of rotatable bonds is 6. The van der Waals surface area contributed by atoms with Gasteiger partial charge in [-0.15, -0.1) is 0 Å². The Balaban J connectivity index is 4.44. The van der Waals surface area contributed by atoms with Gasteiger partial charge in [0.2, 0.25) is 5.78 Å².